The van der Waals surface area contributed by atoms with Gasteiger partial charge in [-0.15, -0.1) is 0 Å². The molecular weight excluding hydrogens is 380 g/mol. The standard InChI is InChI=1S/C23H34N4O3/c1-16-6-7-18-19(14-16)27(20(28)24-18)17-8-11-26(12-9-17)23(5)10-13-25(15-23)21(29)30-22(2,3)4/h6-7,14,17H,8-13,15H2,1-5H3,(H,24,28). The first-order valence-electron chi connectivity index (χ1n) is 11.0. The van der Waals surface area contributed by atoms with Gasteiger partial charge >= 0.3 is 11.8 Å². The van der Waals surface area contributed by atoms with Crippen molar-refractivity contribution in [3.63, 3.8) is 0 Å². The van der Waals surface area contributed by atoms with Crippen molar-refractivity contribution in [3.05, 3.63) is 34.2 Å². The summed E-state index contributed by atoms with van der Waals surface area (Å²) in [5, 5.41) is 0. The molecule has 30 heavy (non-hydrogen) atoms. The van der Waals surface area contributed by atoms with Gasteiger partial charge in [-0.2, -0.15) is 0 Å². The van der Waals surface area contributed by atoms with Gasteiger partial charge in [-0.05, 0) is 71.6 Å². The molecule has 7 nitrogen and oxygen atoms in total. The number of amides is 1. The van der Waals surface area contributed by atoms with Crippen LogP contribution in [0.15, 0.2) is 23.0 Å². The van der Waals surface area contributed by atoms with Crippen LogP contribution in [0.25, 0.3) is 11.0 Å². The first kappa shape index (κ1) is 21.0. The number of aromatic nitrogens is 2. The molecule has 1 amide bonds. The number of nitrogens with one attached hydrogen (secondary N) is 1. The van der Waals surface area contributed by atoms with E-state index in [1.807, 2.05) is 42.4 Å². The van der Waals surface area contributed by atoms with Gasteiger partial charge in [0.25, 0.3) is 0 Å². The summed E-state index contributed by atoms with van der Waals surface area (Å²) < 4.78 is 7.51. The van der Waals surface area contributed by atoms with E-state index in [9.17, 15) is 9.59 Å². The van der Waals surface area contributed by atoms with Gasteiger partial charge in [0.2, 0.25) is 0 Å². The van der Waals surface area contributed by atoms with Gasteiger partial charge in [0.1, 0.15) is 5.60 Å². The van der Waals surface area contributed by atoms with Crippen molar-refractivity contribution < 1.29 is 9.53 Å². The molecule has 0 spiro atoms. The lowest BCUT2D eigenvalue weighted by Crippen LogP contribution is -2.52. The number of imidazole rings is 1. The number of piperidine rings is 1. The predicted octanol–water partition coefficient (Wildman–Crippen LogP) is 3.67. The summed E-state index contributed by atoms with van der Waals surface area (Å²) in [6.45, 7) is 13.3. The van der Waals surface area contributed by atoms with Crippen LogP contribution in [0, 0.1) is 6.92 Å². The number of carbonyl (C=O) groups is 1. The summed E-state index contributed by atoms with van der Waals surface area (Å²) >= 11 is 0. The van der Waals surface area contributed by atoms with Gasteiger partial charge in [0.15, 0.2) is 0 Å². The number of likely N-dealkylation sites (tertiary alicyclic amines) is 2. The Morgan fingerprint density at radius 1 is 1.20 bits per heavy atom. The molecule has 2 aliphatic heterocycles. The van der Waals surface area contributed by atoms with Crippen molar-refractivity contribution in [2.24, 2.45) is 0 Å². The molecule has 3 heterocycles. The highest BCUT2D eigenvalue weighted by atomic mass is 16.6. The van der Waals surface area contributed by atoms with Gasteiger partial charge in [-0.25, -0.2) is 9.59 Å². The molecular formula is C23H34N4O3. The minimum Gasteiger partial charge on any atom is -0.444 e. The van der Waals surface area contributed by atoms with Gasteiger partial charge in [0, 0.05) is 37.8 Å². The maximum Gasteiger partial charge on any atom is 0.410 e. The lowest BCUT2D eigenvalue weighted by atomic mass is 9.93. The van der Waals surface area contributed by atoms with Gasteiger partial charge < -0.3 is 14.6 Å². The molecule has 1 unspecified atom stereocenters. The van der Waals surface area contributed by atoms with Gasteiger partial charge in [0.05, 0.1) is 11.0 Å². The molecule has 0 aliphatic carbocycles. The van der Waals surface area contributed by atoms with E-state index < -0.39 is 5.60 Å². The molecule has 1 aromatic carbocycles. The molecule has 2 aliphatic rings. The molecule has 7 heteroatoms. The van der Waals surface area contributed by atoms with E-state index in [2.05, 4.69) is 29.8 Å². The molecule has 164 valence electrons. The lowest BCUT2D eigenvalue weighted by Gasteiger charge is -2.43. The number of nitrogens with zero attached hydrogens (tertiary/aromatic N) is 3. The number of ether oxygens (including phenoxy) is 1. The zero-order valence-corrected chi connectivity index (χ0v) is 18.8. The quantitative estimate of drug-likeness (QED) is 0.814. The van der Waals surface area contributed by atoms with Crippen molar-refractivity contribution in [1.82, 2.24) is 19.4 Å². The molecule has 1 atom stereocenters. The number of aromatic amines is 1. The smallest absolute Gasteiger partial charge is 0.410 e. The number of aryl methyl sites for hydroxylation is 1. The molecule has 0 saturated carbocycles. The number of carbonyl (C=O) groups excluding carboxylic acids is 1. The Bertz CT molecular complexity index is 994. The topological polar surface area (TPSA) is 70.6 Å². The minimum absolute atomic E-state index is 0.0165. The van der Waals surface area contributed by atoms with Crippen LogP contribution in [-0.2, 0) is 4.74 Å². The van der Waals surface area contributed by atoms with Crippen molar-refractivity contribution in [2.45, 2.75) is 71.1 Å². The summed E-state index contributed by atoms with van der Waals surface area (Å²) in [5.74, 6) is 0. The van der Waals surface area contributed by atoms with Crippen molar-refractivity contribution in [2.75, 3.05) is 26.2 Å². The van der Waals surface area contributed by atoms with E-state index in [0.29, 0.717) is 6.54 Å². The van der Waals surface area contributed by atoms with E-state index in [0.717, 1.165) is 55.5 Å². The van der Waals surface area contributed by atoms with Crippen molar-refractivity contribution in [1.29, 1.82) is 0 Å². The van der Waals surface area contributed by atoms with Gasteiger partial charge in [-0.1, -0.05) is 6.07 Å². The molecule has 0 bridgehead atoms. The van der Waals surface area contributed by atoms with Crippen LogP contribution in [0.3, 0.4) is 0 Å². The van der Waals surface area contributed by atoms with E-state index in [4.69, 9.17) is 4.74 Å². The minimum atomic E-state index is -0.473. The summed E-state index contributed by atoms with van der Waals surface area (Å²) in [6.07, 6.45) is 2.59. The van der Waals surface area contributed by atoms with E-state index in [-0.39, 0.29) is 23.4 Å². The van der Waals surface area contributed by atoms with E-state index in [1.54, 1.807) is 0 Å². The molecule has 1 aromatic heterocycles. The predicted molar refractivity (Wildman–Crippen MR) is 118 cm³/mol. The second kappa shape index (κ2) is 7.45. The Balaban J connectivity index is 1.43. The maximum atomic E-state index is 12.6. The SMILES string of the molecule is Cc1ccc2[nH]c(=O)n(C3CCN(C4(C)CCN(C(=O)OC(C)(C)C)C4)CC3)c2c1. The molecule has 0 radical (unpaired) electrons. The fourth-order valence-corrected chi connectivity index (χ4v) is 4.94. The number of hydrogen-bond donors (Lipinski definition) is 1. The Labute approximate surface area is 178 Å². The molecule has 2 saturated heterocycles. The monoisotopic (exact) mass is 414 g/mol. The Kier molecular flexibility index (Phi) is 5.21. The third-order valence-electron chi connectivity index (χ3n) is 6.57. The number of H-pyrrole nitrogens is 1. The first-order valence-corrected chi connectivity index (χ1v) is 11.0. The van der Waals surface area contributed by atoms with Crippen LogP contribution in [0.1, 0.15) is 58.6 Å². The van der Waals surface area contributed by atoms with Crippen LogP contribution < -0.4 is 5.69 Å². The van der Waals surface area contributed by atoms with Crippen LogP contribution >= 0.6 is 0 Å². The van der Waals surface area contributed by atoms with Crippen molar-refractivity contribution in [3.8, 4) is 0 Å². The fraction of sp³-hybridized carbons (Fsp3) is 0.652. The second-order valence-electron chi connectivity index (χ2n) is 10.2. The fourth-order valence-electron chi connectivity index (χ4n) is 4.94. The van der Waals surface area contributed by atoms with E-state index >= 15 is 0 Å². The molecule has 2 fully saturated rings. The molecule has 4 rings (SSSR count). The maximum absolute atomic E-state index is 12.6. The average Bonchev–Trinajstić information content (AvgIpc) is 3.21. The van der Waals surface area contributed by atoms with Crippen LogP contribution in [0.4, 0.5) is 4.79 Å². The third-order valence-corrected chi connectivity index (χ3v) is 6.57. The van der Waals surface area contributed by atoms with Crippen LogP contribution in [-0.4, -0.2) is 62.8 Å². The largest absolute Gasteiger partial charge is 0.444 e. The van der Waals surface area contributed by atoms with E-state index in [1.165, 1.54) is 0 Å². The molecule has 1 N–H and O–H groups in total. The highest BCUT2D eigenvalue weighted by molar-refractivity contribution is 5.76. The van der Waals surface area contributed by atoms with Crippen molar-refractivity contribution >= 4 is 17.1 Å². The number of rotatable bonds is 2. The van der Waals surface area contributed by atoms with Gasteiger partial charge in [-0.3, -0.25) is 9.47 Å². The normalized spacial score (nSPS) is 24.0. The average molecular weight is 415 g/mol. The number of fused-ring (bicyclic) bond motifs is 1. The Morgan fingerprint density at radius 3 is 2.57 bits per heavy atom. The second-order valence-corrected chi connectivity index (χ2v) is 10.2. The Morgan fingerprint density at radius 2 is 1.90 bits per heavy atom. The highest BCUT2D eigenvalue weighted by Gasteiger charge is 2.43. The number of benzene rings is 1. The molecule has 2 aromatic rings. The van der Waals surface area contributed by atoms with Crippen LogP contribution in [0.5, 0.6) is 0 Å². The van der Waals surface area contributed by atoms with Crippen LogP contribution in [0.2, 0.25) is 0 Å². The summed E-state index contributed by atoms with van der Waals surface area (Å²) in [4.78, 5) is 32.4. The number of hydrogen-bond acceptors (Lipinski definition) is 4. The zero-order valence-electron chi connectivity index (χ0n) is 18.8. The summed E-state index contributed by atoms with van der Waals surface area (Å²) in [7, 11) is 0. The third kappa shape index (κ3) is 4.00. The Hall–Kier alpha value is -2.28. The zero-order chi connectivity index (χ0) is 21.7. The lowest BCUT2D eigenvalue weighted by molar-refractivity contribution is 0.0221. The summed E-state index contributed by atoms with van der Waals surface area (Å²) in [6, 6.07) is 6.32. The summed E-state index contributed by atoms with van der Waals surface area (Å²) in [5.41, 5.74) is 2.54. The highest BCUT2D eigenvalue weighted by Crippen LogP contribution is 2.34. The first-order chi connectivity index (χ1) is 14.1.